The summed E-state index contributed by atoms with van der Waals surface area (Å²) in [7, 11) is 3.17. The average Bonchev–Trinajstić information content (AvgIpc) is 3.47. The van der Waals surface area contributed by atoms with Gasteiger partial charge < -0.3 is 39.4 Å². The quantitative estimate of drug-likeness (QED) is 0.148. The van der Waals surface area contributed by atoms with Crippen LogP contribution in [0.1, 0.15) is 59.1 Å². The van der Waals surface area contributed by atoms with Gasteiger partial charge in [-0.15, -0.1) is 0 Å². The molecule has 16 nitrogen and oxygen atoms in total. The highest BCUT2D eigenvalue weighted by Gasteiger charge is 2.60. The molecule has 1 fully saturated rings. The highest BCUT2D eigenvalue weighted by atomic mass is 32.2. The van der Waals surface area contributed by atoms with E-state index in [1.165, 1.54) is 39.5 Å². The van der Waals surface area contributed by atoms with Gasteiger partial charge in [0.25, 0.3) is 5.56 Å². The van der Waals surface area contributed by atoms with Gasteiger partial charge in [0.1, 0.15) is 40.7 Å². The van der Waals surface area contributed by atoms with Crippen LogP contribution in [-0.2, 0) is 41.1 Å². The lowest BCUT2D eigenvalue weighted by molar-refractivity contribution is -0.166. The zero-order valence-corrected chi connectivity index (χ0v) is 36.3. The summed E-state index contributed by atoms with van der Waals surface area (Å²) in [4.78, 5) is 82.6. The average molecular weight is 859 g/mol. The predicted molar refractivity (Wildman–Crippen MR) is 226 cm³/mol. The molecule has 1 amide bonds. The molecule has 1 saturated heterocycles. The SMILES string of the molecule is COc1ccc(CSCCNCC(=O)N(CCSCc2ccc(OC)cc2)c2cn([C@@]3(C)C[C@@](O)(C(C)=O)[C@@H](C(O)C(C)=O)O3)c(=O)n(C(=O)OC(C)(C)C)c2=O)cc1. The van der Waals surface area contributed by atoms with Gasteiger partial charge in [0.15, 0.2) is 17.2 Å². The Morgan fingerprint density at radius 3 is 1.98 bits per heavy atom. The lowest BCUT2D eigenvalue weighted by Gasteiger charge is -2.30. The normalized spacial score (nSPS) is 19.5. The maximum absolute atomic E-state index is 14.3. The number of carbonyl (C=O) groups is 4. The van der Waals surface area contributed by atoms with Gasteiger partial charge in [-0.1, -0.05) is 24.3 Å². The molecule has 2 aromatic carbocycles. The summed E-state index contributed by atoms with van der Waals surface area (Å²) in [6.45, 7) is 8.17. The first-order valence-electron chi connectivity index (χ1n) is 18.9. The molecule has 4 rings (SSSR count). The predicted octanol–water partition coefficient (Wildman–Crippen LogP) is 3.33. The summed E-state index contributed by atoms with van der Waals surface area (Å²) in [6.07, 6.45) is -4.78. The molecule has 2 heterocycles. The first-order valence-corrected chi connectivity index (χ1v) is 21.2. The van der Waals surface area contributed by atoms with Gasteiger partial charge in [-0.3, -0.25) is 23.7 Å². The molecule has 0 spiro atoms. The Labute approximate surface area is 351 Å². The summed E-state index contributed by atoms with van der Waals surface area (Å²) >= 11 is 3.12. The molecule has 1 aromatic heterocycles. The summed E-state index contributed by atoms with van der Waals surface area (Å²) in [5.41, 5.74) is -6.41. The van der Waals surface area contributed by atoms with Gasteiger partial charge in [-0.2, -0.15) is 28.1 Å². The summed E-state index contributed by atoms with van der Waals surface area (Å²) in [5.74, 6) is 1.45. The molecule has 322 valence electrons. The van der Waals surface area contributed by atoms with Crippen LogP contribution < -0.4 is 30.9 Å². The van der Waals surface area contributed by atoms with Crippen LogP contribution in [0.4, 0.5) is 10.5 Å². The van der Waals surface area contributed by atoms with Crippen molar-refractivity contribution in [2.45, 2.75) is 88.6 Å². The molecule has 0 radical (unpaired) electrons. The van der Waals surface area contributed by atoms with Gasteiger partial charge in [-0.25, -0.2) is 9.59 Å². The van der Waals surface area contributed by atoms with Gasteiger partial charge in [0.05, 0.1) is 20.8 Å². The van der Waals surface area contributed by atoms with Crippen LogP contribution in [0.15, 0.2) is 64.3 Å². The lowest BCUT2D eigenvalue weighted by atomic mass is 9.85. The molecule has 18 heteroatoms. The zero-order valence-electron chi connectivity index (χ0n) is 34.6. The highest BCUT2D eigenvalue weighted by molar-refractivity contribution is 7.98. The second-order valence-corrected chi connectivity index (χ2v) is 17.4. The second-order valence-electron chi connectivity index (χ2n) is 15.2. The van der Waals surface area contributed by atoms with E-state index in [1.54, 1.807) is 26.0 Å². The number of amides is 1. The third-order valence-corrected chi connectivity index (χ3v) is 11.6. The van der Waals surface area contributed by atoms with Crippen molar-refractivity contribution in [2.24, 2.45) is 0 Å². The van der Waals surface area contributed by atoms with Crippen LogP contribution in [0.5, 0.6) is 11.5 Å². The van der Waals surface area contributed by atoms with Crippen molar-refractivity contribution in [3.8, 4) is 11.5 Å². The van der Waals surface area contributed by atoms with Crippen LogP contribution >= 0.6 is 23.5 Å². The third-order valence-electron chi connectivity index (χ3n) is 9.52. The maximum atomic E-state index is 14.3. The van der Waals surface area contributed by atoms with Crippen LogP contribution in [0.25, 0.3) is 0 Å². The standard InChI is InChI=1S/C41H54N4O12S2/c1-26(46)34(49)35-41(53,27(2)47)25-40(6,56-35)44-22-32(36(50)45(37(44)51)38(52)57-39(3,4)5)43(18-20-59-24-29-11-15-31(55-8)16-12-29)33(48)21-42-17-19-58-23-28-9-13-30(54-7)14-10-28/h9-16,22,34-35,42,49,53H,17-21,23-25H2,1-8H3/t34?,35-,40-,41-/m1/s1. The number of benzene rings is 2. The molecule has 3 N–H and O–H groups in total. The number of carbonyl (C=O) groups excluding carboxylic acids is 4. The van der Waals surface area contributed by atoms with Crippen LogP contribution in [0.3, 0.4) is 0 Å². The molecule has 1 aliphatic heterocycles. The number of anilines is 1. The number of Topliss-reactive ketones (excluding diaryl/α,β-unsaturated/α-hetero) is 2. The number of rotatable bonds is 19. The number of nitrogens with one attached hydrogen (secondary N) is 1. The molecule has 0 bridgehead atoms. The third kappa shape index (κ3) is 11.9. The largest absolute Gasteiger partial charge is 0.497 e. The van der Waals surface area contributed by atoms with Gasteiger partial charge in [-0.05, 0) is 76.9 Å². The van der Waals surface area contributed by atoms with E-state index in [4.69, 9.17) is 18.9 Å². The van der Waals surface area contributed by atoms with E-state index in [0.29, 0.717) is 29.6 Å². The Kier molecular flexibility index (Phi) is 16.2. The molecule has 1 unspecified atom stereocenters. The number of thioether (sulfide) groups is 2. The van der Waals surface area contributed by atoms with Crippen molar-refractivity contribution < 1.29 is 48.3 Å². The number of hydrogen-bond acceptors (Lipinski definition) is 15. The number of methoxy groups -OCH3 is 2. The van der Waals surface area contributed by atoms with E-state index in [2.05, 4.69) is 5.32 Å². The Morgan fingerprint density at radius 1 is 0.949 bits per heavy atom. The molecule has 59 heavy (non-hydrogen) atoms. The maximum Gasteiger partial charge on any atom is 0.425 e. The van der Waals surface area contributed by atoms with Gasteiger partial charge in [0, 0.05) is 48.7 Å². The van der Waals surface area contributed by atoms with Crippen molar-refractivity contribution in [3.05, 3.63) is 86.7 Å². The van der Waals surface area contributed by atoms with E-state index in [1.807, 2.05) is 48.5 Å². The monoisotopic (exact) mass is 858 g/mol. The first kappa shape index (κ1) is 47.2. The highest BCUT2D eigenvalue weighted by Crippen LogP contribution is 2.43. The fraction of sp³-hybridized carbons (Fsp3) is 0.512. The minimum atomic E-state index is -2.46. The lowest BCUT2D eigenvalue weighted by Crippen LogP contribution is -2.53. The number of hydrogen-bond donors (Lipinski definition) is 3. The molecule has 3 aromatic rings. The second kappa shape index (κ2) is 20.2. The molecular weight excluding hydrogens is 805 g/mol. The summed E-state index contributed by atoms with van der Waals surface area (Å²) in [6, 6.07) is 15.2. The Hall–Kier alpha value is -4.46. The minimum Gasteiger partial charge on any atom is -0.497 e. The Balaban J connectivity index is 1.71. The fourth-order valence-electron chi connectivity index (χ4n) is 6.35. The zero-order chi connectivity index (χ0) is 43.7. The summed E-state index contributed by atoms with van der Waals surface area (Å²) < 4.78 is 23.0. The number of aliphatic hydroxyl groups excluding tert-OH is 1. The number of aliphatic hydroxyl groups is 2. The molecular formula is C41H54N4O12S2. The molecule has 0 saturated carbocycles. The van der Waals surface area contributed by atoms with Crippen molar-refractivity contribution in [1.29, 1.82) is 0 Å². The number of aromatic nitrogens is 2. The van der Waals surface area contributed by atoms with E-state index in [-0.39, 0.29) is 17.7 Å². The topological polar surface area (TPSA) is 205 Å². The van der Waals surface area contributed by atoms with E-state index >= 15 is 0 Å². The van der Waals surface area contributed by atoms with E-state index in [0.717, 1.165) is 52.1 Å². The summed E-state index contributed by atoms with van der Waals surface area (Å²) in [5, 5.41) is 25.4. The van der Waals surface area contributed by atoms with Gasteiger partial charge >= 0.3 is 11.8 Å². The Bertz CT molecular complexity index is 2080. The molecule has 0 aliphatic carbocycles. The smallest absolute Gasteiger partial charge is 0.425 e. The van der Waals surface area contributed by atoms with Crippen molar-refractivity contribution >= 4 is 52.8 Å². The molecule has 4 atom stereocenters. The number of ether oxygens (including phenoxy) is 4. The van der Waals surface area contributed by atoms with Crippen molar-refractivity contribution in [1.82, 2.24) is 14.5 Å². The van der Waals surface area contributed by atoms with Crippen LogP contribution in [0.2, 0.25) is 0 Å². The van der Waals surface area contributed by atoms with Crippen molar-refractivity contribution in [3.63, 3.8) is 0 Å². The number of ketones is 2. The minimum absolute atomic E-state index is 0.0457. The Morgan fingerprint density at radius 2 is 1.49 bits per heavy atom. The van der Waals surface area contributed by atoms with Crippen LogP contribution in [-0.4, -0.2) is 112 Å². The van der Waals surface area contributed by atoms with Crippen molar-refractivity contribution in [2.75, 3.05) is 50.3 Å². The van der Waals surface area contributed by atoms with Gasteiger partial charge in [0.2, 0.25) is 5.91 Å². The first-order chi connectivity index (χ1) is 27.7. The van der Waals surface area contributed by atoms with Crippen LogP contribution in [0, 0.1) is 0 Å². The van der Waals surface area contributed by atoms with E-state index < -0.39 is 76.1 Å². The fourth-order valence-corrected chi connectivity index (χ4v) is 8.09. The molecule has 1 aliphatic rings. The number of nitrogens with zero attached hydrogens (tertiary/aromatic N) is 3. The van der Waals surface area contributed by atoms with E-state index in [9.17, 15) is 39.0 Å².